The first kappa shape index (κ1) is 17.7. The smallest absolute Gasteiger partial charge is 0.303 e. The second kappa shape index (κ2) is 6.28. The van der Waals surface area contributed by atoms with Crippen LogP contribution < -0.4 is 0 Å². The van der Waals surface area contributed by atoms with Crippen molar-refractivity contribution in [3.8, 4) is 0 Å². The van der Waals surface area contributed by atoms with Crippen molar-refractivity contribution in [2.75, 3.05) is 0 Å². The Bertz CT molecular complexity index is 124. The second-order valence-electron chi connectivity index (χ2n) is 1.03. The summed E-state index contributed by atoms with van der Waals surface area (Å²) in [6, 6.07) is 0. The van der Waals surface area contributed by atoms with Gasteiger partial charge in [0.2, 0.25) is 0 Å². The minimum atomic E-state index is -4.64. The molecule has 0 amide bonds. The van der Waals surface area contributed by atoms with Gasteiger partial charge in [-0.05, 0) is 0 Å². The number of hydrogen-bond acceptors (Lipinski definition) is 2. The number of rotatable bonds is 0. The fraction of sp³-hybridized carbons (Fsp3) is 0. The third-order valence-electron chi connectivity index (χ3n) is 0. The van der Waals surface area contributed by atoms with Gasteiger partial charge in [0.05, 0.1) is 0 Å². The van der Waals surface area contributed by atoms with Gasteiger partial charge in [-0.15, -0.1) is 0 Å². The molecule has 0 aromatic rings. The van der Waals surface area contributed by atoms with Gasteiger partial charge in [-0.1, -0.05) is 0 Å². The zero-order valence-electron chi connectivity index (χ0n) is 4.77. The molecule has 11 heteroatoms. The Morgan fingerprint density at radius 1 is 0.636 bits per heavy atom. The predicted molar refractivity (Wildman–Crippen MR) is 28.5 cm³/mol. The van der Waals surface area contributed by atoms with E-state index in [1.807, 2.05) is 0 Å². The van der Waals surface area contributed by atoms with Crippen molar-refractivity contribution in [3.05, 3.63) is 0 Å². The molecule has 11 heavy (non-hydrogen) atoms. The summed E-state index contributed by atoms with van der Waals surface area (Å²) in [5.74, 6) is 0. The Hall–Kier alpha value is 0.739. The summed E-state index contributed by atoms with van der Waals surface area (Å²) in [6.07, 6.45) is 0. The Labute approximate surface area is 71.8 Å². The maximum absolute atomic E-state index is 8.88. The Balaban J connectivity index is -0.000000107. The van der Waals surface area contributed by atoms with Crippen LogP contribution in [0.4, 0.5) is 0 Å². The maximum Gasteiger partial charge on any atom is 0.466 e. The van der Waals surface area contributed by atoms with E-state index in [-0.39, 0.29) is 17.1 Å². The molecule has 6 N–H and O–H groups in total. The molecule has 0 heterocycles. The molecule has 0 unspecified atom stereocenters. The topological polar surface area (TPSA) is 156 Å². The molecule has 0 saturated carbocycles. The number of hydrogen-bond donors (Lipinski definition) is 6. The molecule has 0 fully saturated rings. The van der Waals surface area contributed by atoms with Crippen molar-refractivity contribution in [2.45, 2.75) is 0 Å². The average molecular weight is 251 g/mol. The van der Waals surface area contributed by atoms with Crippen LogP contribution in [-0.4, -0.2) is 29.4 Å². The van der Waals surface area contributed by atoms with Crippen LogP contribution in [0, 0.1) is 0 Å². The van der Waals surface area contributed by atoms with E-state index in [1.54, 1.807) is 0 Å². The summed E-state index contributed by atoms with van der Waals surface area (Å²) in [5, 5.41) is 0. The third-order valence-corrected chi connectivity index (χ3v) is 0. The maximum atomic E-state index is 8.88. The van der Waals surface area contributed by atoms with Crippen LogP contribution in [0.15, 0.2) is 0 Å². The minimum absolute atomic E-state index is 0. The molecular formula is H6MnO8P2. The summed E-state index contributed by atoms with van der Waals surface area (Å²) >= 11 is 0. The second-order valence-corrected chi connectivity index (χ2v) is 3.08. The van der Waals surface area contributed by atoms with E-state index in [0.717, 1.165) is 0 Å². The van der Waals surface area contributed by atoms with Gasteiger partial charge in [-0.25, -0.2) is 9.13 Å². The Kier molecular flexibility index (Phi) is 10.1. The fourth-order valence-corrected chi connectivity index (χ4v) is 0. The van der Waals surface area contributed by atoms with E-state index in [2.05, 4.69) is 0 Å². The molecule has 0 aromatic heterocycles. The molecule has 0 spiro atoms. The van der Waals surface area contributed by atoms with Crippen molar-refractivity contribution in [1.29, 1.82) is 0 Å². The summed E-state index contributed by atoms with van der Waals surface area (Å²) < 4.78 is 17.8. The van der Waals surface area contributed by atoms with Gasteiger partial charge in [0, 0.05) is 17.1 Å². The third kappa shape index (κ3) is 1500. The quantitative estimate of drug-likeness (QED) is 0.216. The Morgan fingerprint density at radius 2 is 0.636 bits per heavy atom. The van der Waals surface area contributed by atoms with Crippen molar-refractivity contribution in [3.63, 3.8) is 0 Å². The van der Waals surface area contributed by atoms with Gasteiger partial charge in [-0.3, -0.25) is 0 Å². The van der Waals surface area contributed by atoms with E-state index in [0.29, 0.717) is 0 Å². The molecular weight excluding hydrogens is 245 g/mol. The molecule has 0 rings (SSSR count). The van der Waals surface area contributed by atoms with Crippen molar-refractivity contribution in [2.24, 2.45) is 0 Å². The molecule has 0 bridgehead atoms. The average Bonchev–Trinajstić information content (AvgIpc) is 1.12. The van der Waals surface area contributed by atoms with Gasteiger partial charge in [-0.2, -0.15) is 0 Å². The molecule has 0 saturated heterocycles. The number of phosphoric acid groups is 2. The summed E-state index contributed by atoms with van der Waals surface area (Å²) in [6.45, 7) is 0. The van der Waals surface area contributed by atoms with E-state index in [4.69, 9.17) is 38.5 Å². The molecule has 0 aromatic carbocycles. The molecule has 0 aliphatic carbocycles. The SMILES string of the molecule is O=P(O)(O)O.O=P(O)(O)O.[Mn]. The monoisotopic (exact) mass is 251 g/mol. The first-order valence-corrected chi connectivity index (χ1v) is 4.70. The fourth-order valence-electron chi connectivity index (χ4n) is 0. The molecule has 0 aliphatic heterocycles. The molecule has 8 nitrogen and oxygen atoms in total. The summed E-state index contributed by atoms with van der Waals surface area (Å²) in [5.41, 5.74) is 0. The van der Waals surface area contributed by atoms with Crippen molar-refractivity contribution in [1.82, 2.24) is 0 Å². The van der Waals surface area contributed by atoms with E-state index >= 15 is 0 Å². The summed E-state index contributed by atoms with van der Waals surface area (Å²) in [4.78, 5) is 43.1. The standard InChI is InChI=1S/Mn.2H3O4P/c;2*1-5(2,3)4/h;2*(H3,1,2,3,4). The van der Waals surface area contributed by atoms with Crippen LogP contribution in [0.25, 0.3) is 0 Å². The molecule has 0 aliphatic rings. The van der Waals surface area contributed by atoms with E-state index < -0.39 is 15.6 Å². The van der Waals surface area contributed by atoms with Crippen LogP contribution >= 0.6 is 15.6 Å². The van der Waals surface area contributed by atoms with Crippen LogP contribution in [0.3, 0.4) is 0 Å². The van der Waals surface area contributed by atoms with Gasteiger partial charge >= 0.3 is 15.6 Å². The minimum Gasteiger partial charge on any atom is -0.303 e. The van der Waals surface area contributed by atoms with Gasteiger partial charge in [0.25, 0.3) is 0 Å². The van der Waals surface area contributed by atoms with Crippen molar-refractivity contribution < 1.29 is 55.6 Å². The van der Waals surface area contributed by atoms with Crippen molar-refractivity contribution >= 4 is 15.6 Å². The van der Waals surface area contributed by atoms with E-state index in [9.17, 15) is 0 Å². The van der Waals surface area contributed by atoms with Crippen LogP contribution in [-0.2, 0) is 26.2 Å². The molecule has 1 radical (unpaired) electrons. The van der Waals surface area contributed by atoms with E-state index in [1.165, 1.54) is 0 Å². The molecule has 71 valence electrons. The first-order chi connectivity index (χ1) is 4.00. The molecule has 0 atom stereocenters. The van der Waals surface area contributed by atoms with Gasteiger partial charge < -0.3 is 29.4 Å². The zero-order valence-corrected chi connectivity index (χ0v) is 7.74. The van der Waals surface area contributed by atoms with Crippen LogP contribution in [0.2, 0.25) is 0 Å². The normalized spacial score (nSPS) is 10.7. The van der Waals surface area contributed by atoms with Gasteiger partial charge in [0.1, 0.15) is 0 Å². The predicted octanol–water partition coefficient (Wildman–Crippen LogP) is -1.86. The summed E-state index contributed by atoms with van der Waals surface area (Å²) in [7, 11) is -9.28. The van der Waals surface area contributed by atoms with Gasteiger partial charge in [0.15, 0.2) is 0 Å². The van der Waals surface area contributed by atoms with Crippen LogP contribution in [0.1, 0.15) is 0 Å². The first-order valence-electron chi connectivity index (χ1n) is 1.57. The largest absolute Gasteiger partial charge is 0.466 e. The zero-order chi connectivity index (χ0) is 9.00. The Morgan fingerprint density at radius 3 is 0.636 bits per heavy atom. The van der Waals surface area contributed by atoms with Crippen LogP contribution in [0.5, 0.6) is 0 Å².